The molecule has 248 valence electrons. The van der Waals surface area contributed by atoms with Crippen LogP contribution in [0, 0.1) is 83.1 Å². The van der Waals surface area contributed by atoms with E-state index < -0.39 is 0 Å². The molecule has 0 atom stereocenters. The number of aryl methyl sites for hydroxylation is 10. The average molecular weight is 645 g/mol. The van der Waals surface area contributed by atoms with Crippen LogP contribution in [0.15, 0.2) is 24.3 Å². The van der Waals surface area contributed by atoms with E-state index in [2.05, 4.69) is 39.9 Å². The predicted molar refractivity (Wildman–Crippen MR) is 191 cm³/mol. The average Bonchev–Trinajstić information content (AvgIpc) is 3.02. The highest BCUT2D eigenvalue weighted by atomic mass is 16.1. The molecular formula is C38H44N8O2. The minimum atomic E-state index is -0.136. The molecule has 0 unspecified atom stereocenters. The maximum Gasteiger partial charge on any atom is 0.178 e. The topological polar surface area (TPSA) is 137 Å². The van der Waals surface area contributed by atoms with E-state index in [1.807, 2.05) is 83.1 Å². The van der Waals surface area contributed by atoms with Gasteiger partial charge in [0.15, 0.2) is 17.4 Å². The summed E-state index contributed by atoms with van der Waals surface area (Å²) in [6.45, 7) is 23.0. The Morgan fingerprint density at radius 2 is 0.729 bits per heavy atom. The fraction of sp³-hybridized carbons (Fsp3) is 0.316. The molecule has 4 aromatic rings. The Kier molecular flexibility index (Phi) is 12.7. The van der Waals surface area contributed by atoms with Crippen molar-refractivity contribution in [2.24, 2.45) is 0 Å². The van der Waals surface area contributed by atoms with Crippen molar-refractivity contribution in [2.75, 3.05) is 0 Å². The van der Waals surface area contributed by atoms with Gasteiger partial charge in [-0.1, -0.05) is 0 Å². The van der Waals surface area contributed by atoms with Crippen molar-refractivity contribution < 1.29 is 9.59 Å². The fourth-order valence-electron chi connectivity index (χ4n) is 4.36. The molecule has 0 aliphatic rings. The van der Waals surface area contributed by atoms with Crippen LogP contribution in [0.4, 0.5) is 0 Å². The highest BCUT2D eigenvalue weighted by Gasteiger charge is 2.06. The summed E-state index contributed by atoms with van der Waals surface area (Å²) in [7, 11) is 0. The second-order valence-corrected chi connectivity index (χ2v) is 11.6. The lowest BCUT2D eigenvalue weighted by Gasteiger charge is -2.04. The Hall–Kier alpha value is -5.38. The molecule has 4 heterocycles. The number of carbonyl (C=O) groups excluding carboxylic acids is 2. The minimum Gasteiger partial charge on any atom is -0.290 e. The van der Waals surface area contributed by atoms with Crippen LogP contribution in [-0.4, -0.2) is 51.4 Å². The standard InChI is InChI=1S/2C19H22N4O/c1-11-13(3)22-18(15(5)20-11)9-7-17(24)8-10-19-16(6)21-12(2)14(4)23-19;1-11-13(3)21-19(22-14(11)4)10-8-17(24)7-9-18-12(2)15(5)20-16(6)23-18/h2*7-10H,1-6H3/b2*9-7+,10-8+. The number of hydrogen-bond donors (Lipinski definition) is 0. The molecule has 0 bridgehead atoms. The first kappa shape index (κ1) is 37.1. The van der Waals surface area contributed by atoms with Gasteiger partial charge < -0.3 is 0 Å². The van der Waals surface area contributed by atoms with Crippen molar-refractivity contribution in [3.63, 3.8) is 0 Å². The van der Waals surface area contributed by atoms with Gasteiger partial charge in [-0.3, -0.25) is 19.6 Å². The molecule has 10 heteroatoms. The molecule has 0 saturated heterocycles. The molecule has 0 aromatic carbocycles. The van der Waals surface area contributed by atoms with E-state index in [4.69, 9.17) is 0 Å². The van der Waals surface area contributed by atoms with Crippen molar-refractivity contribution in [2.45, 2.75) is 83.1 Å². The summed E-state index contributed by atoms with van der Waals surface area (Å²) in [6.07, 6.45) is 12.7. The number of hydrogen-bond acceptors (Lipinski definition) is 10. The lowest BCUT2D eigenvalue weighted by Crippen LogP contribution is -2.00. The summed E-state index contributed by atoms with van der Waals surface area (Å²) in [5.74, 6) is 0.971. The highest BCUT2D eigenvalue weighted by molar-refractivity contribution is 6.04. The van der Waals surface area contributed by atoms with E-state index in [0.717, 1.165) is 68.1 Å². The first-order valence-electron chi connectivity index (χ1n) is 15.6. The van der Waals surface area contributed by atoms with Crippen molar-refractivity contribution in [3.8, 4) is 0 Å². The lowest BCUT2D eigenvalue weighted by atomic mass is 10.1. The van der Waals surface area contributed by atoms with E-state index in [0.29, 0.717) is 23.0 Å². The minimum absolute atomic E-state index is 0.131. The van der Waals surface area contributed by atoms with Gasteiger partial charge in [0.2, 0.25) is 0 Å². The maximum atomic E-state index is 12.0. The summed E-state index contributed by atoms with van der Waals surface area (Å²) in [4.78, 5) is 59.2. The fourth-order valence-corrected chi connectivity index (χ4v) is 4.36. The van der Waals surface area contributed by atoms with Gasteiger partial charge in [0, 0.05) is 17.1 Å². The summed E-state index contributed by atoms with van der Waals surface area (Å²) in [5.41, 5.74) is 12.1. The van der Waals surface area contributed by atoms with E-state index in [-0.39, 0.29) is 11.6 Å². The Morgan fingerprint density at radius 3 is 1.19 bits per heavy atom. The molecule has 0 saturated carbocycles. The van der Waals surface area contributed by atoms with Gasteiger partial charge in [0.05, 0.1) is 51.2 Å². The van der Waals surface area contributed by atoms with Crippen LogP contribution in [0.2, 0.25) is 0 Å². The monoisotopic (exact) mass is 644 g/mol. The van der Waals surface area contributed by atoms with Crippen molar-refractivity contribution in [3.05, 3.63) is 115 Å². The zero-order valence-electron chi connectivity index (χ0n) is 30.0. The summed E-state index contributed by atoms with van der Waals surface area (Å²) in [6, 6.07) is 0. The number of allylic oxidation sites excluding steroid dienone is 4. The van der Waals surface area contributed by atoms with Crippen LogP contribution in [0.3, 0.4) is 0 Å². The van der Waals surface area contributed by atoms with Crippen molar-refractivity contribution >= 4 is 35.9 Å². The number of carbonyl (C=O) groups is 2. The van der Waals surface area contributed by atoms with Gasteiger partial charge in [0.25, 0.3) is 0 Å². The molecule has 4 rings (SSSR count). The SMILES string of the molecule is Cc1nc(C)c(/C=C/C(=O)/C=C/c2nc(C)c(C)nc2C)nc1C.Cc1nc(C)c(C)c(/C=C/C(=O)/C=C/c2nc(C)c(C)c(C)n2)n1. The van der Waals surface area contributed by atoms with Crippen LogP contribution in [0.5, 0.6) is 0 Å². The number of aromatic nitrogens is 8. The Bertz CT molecular complexity index is 1900. The van der Waals surface area contributed by atoms with Gasteiger partial charge in [-0.15, -0.1) is 0 Å². The third-order valence-corrected chi connectivity index (χ3v) is 7.84. The van der Waals surface area contributed by atoms with Crippen LogP contribution >= 0.6 is 0 Å². The quantitative estimate of drug-likeness (QED) is 0.188. The Morgan fingerprint density at radius 1 is 0.354 bits per heavy atom. The van der Waals surface area contributed by atoms with Crippen LogP contribution in [0.1, 0.15) is 91.1 Å². The number of ketones is 2. The molecule has 0 aliphatic carbocycles. The van der Waals surface area contributed by atoms with Crippen LogP contribution < -0.4 is 0 Å². The zero-order valence-corrected chi connectivity index (χ0v) is 30.0. The lowest BCUT2D eigenvalue weighted by molar-refractivity contribution is -0.111. The maximum absolute atomic E-state index is 12.0. The first-order valence-corrected chi connectivity index (χ1v) is 15.6. The van der Waals surface area contributed by atoms with E-state index in [1.54, 1.807) is 24.3 Å². The number of nitrogens with zero attached hydrogens (tertiary/aromatic N) is 8. The molecule has 0 fully saturated rings. The molecule has 10 nitrogen and oxygen atoms in total. The molecule has 4 aromatic heterocycles. The smallest absolute Gasteiger partial charge is 0.178 e. The molecule has 0 spiro atoms. The zero-order chi connectivity index (χ0) is 35.7. The van der Waals surface area contributed by atoms with Gasteiger partial charge in [-0.2, -0.15) is 0 Å². The summed E-state index contributed by atoms with van der Waals surface area (Å²) < 4.78 is 0. The normalized spacial score (nSPS) is 11.6. The summed E-state index contributed by atoms with van der Waals surface area (Å²) in [5, 5.41) is 0. The van der Waals surface area contributed by atoms with Gasteiger partial charge in [0.1, 0.15) is 5.82 Å². The first-order chi connectivity index (χ1) is 22.5. The molecule has 48 heavy (non-hydrogen) atoms. The van der Waals surface area contributed by atoms with Crippen molar-refractivity contribution in [1.82, 2.24) is 39.9 Å². The van der Waals surface area contributed by atoms with Crippen LogP contribution in [-0.2, 0) is 9.59 Å². The van der Waals surface area contributed by atoms with Gasteiger partial charge >= 0.3 is 0 Å². The van der Waals surface area contributed by atoms with E-state index in [9.17, 15) is 9.59 Å². The second kappa shape index (κ2) is 16.4. The number of rotatable bonds is 8. The van der Waals surface area contributed by atoms with Crippen LogP contribution in [0.25, 0.3) is 24.3 Å². The molecular weight excluding hydrogens is 600 g/mol. The third kappa shape index (κ3) is 10.3. The third-order valence-electron chi connectivity index (χ3n) is 7.84. The summed E-state index contributed by atoms with van der Waals surface area (Å²) >= 11 is 0. The predicted octanol–water partition coefficient (Wildman–Crippen LogP) is 6.83. The Labute approximate surface area is 283 Å². The molecule has 0 N–H and O–H groups in total. The Balaban J connectivity index is 0.000000260. The van der Waals surface area contributed by atoms with E-state index >= 15 is 0 Å². The second-order valence-electron chi connectivity index (χ2n) is 11.6. The van der Waals surface area contributed by atoms with Crippen molar-refractivity contribution in [1.29, 1.82) is 0 Å². The molecule has 0 radical (unpaired) electrons. The molecule has 0 amide bonds. The highest BCUT2D eigenvalue weighted by Crippen LogP contribution is 2.13. The molecule has 0 aliphatic heterocycles. The van der Waals surface area contributed by atoms with E-state index in [1.165, 1.54) is 24.3 Å². The van der Waals surface area contributed by atoms with Gasteiger partial charge in [-0.25, -0.2) is 29.9 Å². The van der Waals surface area contributed by atoms with Gasteiger partial charge in [-0.05, 0) is 143 Å². The largest absolute Gasteiger partial charge is 0.290 e.